The standard InChI is InChI=1S/C20H28FN3O4/c1-4-22-20(24-9-13(2)17(10-24)19(25)26-3)23-6-5-14-7-16(21)8-15-11-27-12-28-18(14)15/h7-8,13,17H,4-6,9-12H2,1-3H3,(H,22,23). The van der Waals surface area contributed by atoms with Crippen molar-refractivity contribution in [2.75, 3.05) is 40.1 Å². The molecule has 3 rings (SSSR count). The number of fused-ring (bicyclic) bond motifs is 1. The lowest BCUT2D eigenvalue weighted by atomic mass is 9.99. The number of likely N-dealkylation sites (tertiary alicyclic amines) is 1. The van der Waals surface area contributed by atoms with E-state index in [4.69, 9.17) is 19.2 Å². The van der Waals surface area contributed by atoms with Gasteiger partial charge in [-0.05, 0) is 37.0 Å². The van der Waals surface area contributed by atoms with E-state index in [1.807, 2.05) is 13.8 Å². The summed E-state index contributed by atoms with van der Waals surface area (Å²) in [5.41, 5.74) is 1.52. The molecule has 1 saturated heterocycles. The number of aliphatic imine (C=N–C) groups is 1. The number of guanidine groups is 1. The third kappa shape index (κ3) is 4.55. The lowest BCUT2D eigenvalue weighted by molar-refractivity contribution is -0.145. The Hall–Kier alpha value is -2.35. The molecule has 2 aliphatic heterocycles. The summed E-state index contributed by atoms with van der Waals surface area (Å²) in [6.07, 6.45) is 0.554. The molecular weight excluding hydrogens is 365 g/mol. The van der Waals surface area contributed by atoms with Crippen LogP contribution in [0.1, 0.15) is 25.0 Å². The molecule has 0 spiro atoms. The van der Waals surface area contributed by atoms with Crippen LogP contribution in [0.5, 0.6) is 5.75 Å². The second-order valence-electron chi connectivity index (χ2n) is 7.16. The highest BCUT2D eigenvalue weighted by Gasteiger charge is 2.36. The normalized spacial score (nSPS) is 21.9. The number of benzene rings is 1. The molecule has 154 valence electrons. The Labute approximate surface area is 164 Å². The number of hydrogen-bond donors (Lipinski definition) is 1. The molecule has 2 aliphatic rings. The van der Waals surface area contributed by atoms with Gasteiger partial charge < -0.3 is 24.4 Å². The van der Waals surface area contributed by atoms with Crippen LogP contribution in [0.25, 0.3) is 0 Å². The molecule has 8 heteroatoms. The van der Waals surface area contributed by atoms with Crippen LogP contribution < -0.4 is 10.1 Å². The Morgan fingerprint density at radius 1 is 1.43 bits per heavy atom. The van der Waals surface area contributed by atoms with E-state index in [0.29, 0.717) is 31.9 Å². The second kappa shape index (κ2) is 9.23. The largest absolute Gasteiger partial charge is 0.469 e. The molecule has 0 aliphatic carbocycles. The predicted octanol–water partition coefficient (Wildman–Crippen LogP) is 1.94. The number of esters is 1. The number of rotatable bonds is 5. The molecule has 0 saturated carbocycles. The summed E-state index contributed by atoms with van der Waals surface area (Å²) in [5.74, 6) is 1.02. The van der Waals surface area contributed by atoms with Crippen molar-refractivity contribution in [2.45, 2.75) is 26.9 Å². The van der Waals surface area contributed by atoms with Gasteiger partial charge >= 0.3 is 5.97 Å². The Morgan fingerprint density at radius 3 is 3.00 bits per heavy atom. The van der Waals surface area contributed by atoms with E-state index in [9.17, 15) is 9.18 Å². The molecular formula is C20H28FN3O4. The third-order valence-corrected chi connectivity index (χ3v) is 5.15. The molecule has 2 atom stereocenters. The maximum atomic E-state index is 13.9. The molecule has 1 N–H and O–H groups in total. The molecule has 28 heavy (non-hydrogen) atoms. The molecule has 7 nitrogen and oxygen atoms in total. The van der Waals surface area contributed by atoms with Crippen LogP contribution in [0.2, 0.25) is 0 Å². The van der Waals surface area contributed by atoms with Gasteiger partial charge in [-0.15, -0.1) is 0 Å². The van der Waals surface area contributed by atoms with Crippen LogP contribution in [-0.4, -0.2) is 56.9 Å². The van der Waals surface area contributed by atoms with E-state index in [1.165, 1.54) is 19.2 Å². The third-order valence-electron chi connectivity index (χ3n) is 5.15. The minimum Gasteiger partial charge on any atom is -0.469 e. The Balaban J connectivity index is 1.69. The van der Waals surface area contributed by atoms with E-state index in [-0.39, 0.29) is 30.4 Å². The highest BCUT2D eigenvalue weighted by Crippen LogP contribution is 2.30. The van der Waals surface area contributed by atoms with Crippen molar-refractivity contribution < 1.29 is 23.4 Å². The van der Waals surface area contributed by atoms with Crippen LogP contribution in [0.3, 0.4) is 0 Å². The fourth-order valence-corrected chi connectivity index (χ4v) is 3.75. The van der Waals surface area contributed by atoms with Crippen molar-refractivity contribution in [3.63, 3.8) is 0 Å². The first kappa shape index (κ1) is 20.4. The highest BCUT2D eigenvalue weighted by atomic mass is 19.1. The number of carbonyl (C=O) groups is 1. The fraction of sp³-hybridized carbons (Fsp3) is 0.600. The molecule has 0 aromatic heterocycles. The van der Waals surface area contributed by atoms with Gasteiger partial charge in [0.1, 0.15) is 11.6 Å². The van der Waals surface area contributed by atoms with Gasteiger partial charge in [0.05, 0.1) is 19.6 Å². The summed E-state index contributed by atoms with van der Waals surface area (Å²) in [6, 6.07) is 2.95. The van der Waals surface area contributed by atoms with E-state index >= 15 is 0 Å². The van der Waals surface area contributed by atoms with Gasteiger partial charge in [0.15, 0.2) is 12.8 Å². The number of nitrogens with zero attached hydrogens (tertiary/aromatic N) is 2. The van der Waals surface area contributed by atoms with Crippen LogP contribution >= 0.6 is 0 Å². The van der Waals surface area contributed by atoms with Gasteiger partial charge in [0, 0.05) is 31.7 Å². The molecule has 1 aromatic carbocycles. The first-order chi connectivity index (χ1) is 13.5. The number of nitrogens with one attached hydrogen (secondary N) is 1. The molecule has 1 fully saturated rings. The van der Waals surface area contributed by atoms with Crippen molar-refractivity contribution >= 4 is 11.9 Å². The average molecular weight is 393 g/mol. The molecule has 1 aromatic rings. The number of carbonyl (C=O) groups excluding carboxylic acids is 1. The Morgan fingerprint density at radius 2 is 2.25 bits per heavy atom. The summed E-state index contributed by atoms with van der Waals surface area (Å²) >= 11 is 0. The van der Waals surface area contributed by atoms with Crippen molar-refractivity contribution in [1.82, 2.24) is 10.2 Å². The second-order valence-corrected chi connectivity index (χ2v) is 7.16. The van der Waals surface area contributed by atoms with Crippen molar-refractivity contribution in [1.29, 1.82) is 0 Å². The maximum absolute atomic E-state index is 13.9. The van der Waals surface area contributed by atoms with Gasteiger partial charge in [-0.25, -0.2) is 4.39 Å². The monoisotopic (exact) mass is 393 g/mol. The van der Waals surface area contributed by atoms with Gasteiger partial charge in [0.25, 0.3) is 0 Å². The summed E-state index contributed by atoms with van der Waals surface area (Å²) in [6.45, 7) is 7.10. The molecule has 2 unspecified atom stereocenters. The van der Waals surface area contributed by atoms with Gasteiger partial charge in [-0.2, -0.15) is 0 Å². The van der Waals surface area contributed by atoms with E-state index in [1.54, 1.807) is 0 Å². The molecule has 2 heterocycles. The topological polar surface area (TPSA) is 72.4 Å². The number of ether oxygens (including phenoxy) is 3. The number of methoxy groups -OCH3 is 1. The lowest BCUT2D eigenvalue weighted by Gasteiger charge is -2.22. The minimum absolute atomic E-state index is 0.155. The highest BCUT2D eigenvalue weighted by molar-refractivity contribution is 5.82. The molecule has 0 bridgehead atoms. The van der Waals surface area contributed by atoms with Crippen LogP contribution in [0.4, 0.5) is 4.39 Å². The van der Waals surface area contributed by atoms with E-state index in [0.717, 1.165) is 30.2 Å². The van der Waals surface area contributed by atoms with Crippen LogP contribution in [-0.2, 0) is 27.3 Å². The molecule has 0 radical (unpaired) electrons. The molecule has 0 amide bonds. The zero-order valence-electron chi connectivity index (χ0n) is 16.7. The smallest absolute Gasteiger partial charge is 0.310 e. The summed E-state index contributed by atoms with van der Waals surface area (Å²) < 4.78 is 29.6. The van der Waals surface area contributed by atoms with Crippen molar-refractivity contribution in [2.24, 2.45) is 16.8 Å². The SMILES string of the molecule is CCNC(=NCCc1cc(F)cc2c1OCOC2)N1CC(C)C(C(=O)OC)C1. The zero-order valence-corrected chi connectivity index (χ0v) is 16.7. The first-order valence-electron chi connectivity index (χ1n) is 9.66. The van der Waals surface area contributed by atoms with Crippen molar-refractivity contribution in [3.05, 3.63) is 29.1 Å². The first-order valence-corrected chi connectivity index (χ1v) is 9.66. The van der Waals surface area contributed by atoms with Crippen LogP contribution in [0, 0.1) is 17.7 Å². The average Bonchev–Trinajstić information content (AvgIpc) is 3.08. The van der Waals surface area contributed by atoms with E-state index < -0.39 is 0 Å². The van der Waals surface area contributed by atoms with Gasteiger partial charge in [-0.3, -0.25) is 9.79 Å². The number of halogens is 1. The van der Waals surface area contributed by atoms with Crippen LogP contribution in [0.15, 0.2) is 17.1 Å². The Kier molecular flexibility index (Phi) is 6.72. The Bertz CT molecular complexity index is 740. The van der Waals surface area contributed by atoms with E-state index in [2.05, 4.69) is 10.2 Å². The number of hydrogen-bond acceptors (Lipinski definition) is 5. The van der Waals surface area contributed by atoms with Gasteiger partial charge in [-0.1, -0.05) is 6.92 Å². The summed E-state index contributed by atoms with van der Waals surface area (Å²) in [4.78, 5) is 18.7. The zero-order chi connectivity index (χ0) is 20.1. The van der Waals surface area contributed by atoms with Gasteiger partial charge in [0.2, 0.25) is 0 Å². The lowest BCUT2D eigenvalue weighted by Crippen LogP contribution is -2.40. The quantitative estimate of drug-likeness (QED) is 0.468. The summed E-state index contributed by atoms with van der Waals surface area (Å²) in [5, 5.41) is 3.28. The summed E-state index contributed by atoms with van der Waals surface area (Å²) in [7, 11) is 1.42. The van der Waals surface area contributed by atoms with Crippen molar-refractivity contribution in [3.8, 4) is 5.75 Å². The predicted molar refractivity (Wildman–Crippen MR) is 103 cm³/mol. The maximum Gasteiger partial charge on any atom is 0.310 e. The minimum atomic E-state index is -0.298. The fourth-order valence-electron chi connectivity index (χ4n) is 3.75.